The largest absolute Gasteiger partial charge is 0.383 e. The van der Waals surface area contributed by atoms with Crippen molar-refractivity contribution in [3.63, 3.8) is 0 Å². The van der Waals surface area contributed by atoms with E-state index in [0.29, 0.717) is 19.6 Å². The van der Waals surface area contributed by atoms with Crippen molar-refractivity contribution in [1.29, 1.82) is 0 Å². The molecular formula is C17H27ClN2O2. The van der Waals surface area contributed by atoms with Gasteiger partial charge in [-0.15, -0.1) is 12.4 Å². The zero-order valence-electron chi connectivity index (χ0n) is 13.7. The molecule has 22 heavy (non-hydrogen) atoms. The first-order valence-corrected chi connectivity index (χ1v) is 7.61. The molecule has 1 aliphatic heterocycles. The molecule has 0 aromatic heterocycles. The lowest BCUT2D eigenvalue weighted by Gasteiger charge is -2.29. The van der Waals surface area contributed by atoms with Crippen molar-refractivity contribution in [3.05, 3.63) is 34.9 Å². The van der Waals surface area contributed by atoms with Crippen molar-refractivity contribution in [2.75, 3.05) is 26.8 Å². The van der Waals surface area contributed by atoms with E-state index in [-0.39, 0.29) is 23.9 Å². The summed E-state index contributed by atoms with van der Waals surface area (Å²) in [5, 5.41) is 6.54. The van der Waals surface area contributed by atoms with Gasteiger partial charge in [0.2, 0.25) is 5.91 Å². The minimum Gasteiger partial charge on any atom is -0.383 e. The van der Waals surface area contributed by atoms with Gasteiger partial charge in [-0.2, -0.15) is 0 Å². The molecule has 1 heterocycles. The fourth-order valence-electron chi connectivity index (χ4n) is 2.96. The number of ether oxygens (including phenoxy) is 1. The highest BCUT2D eigenvalue weighted by Gasteiger charge is 2.33. The third-order valence-corrected chi connectivity index (χ3v) is 4.23. The fraction of sp³-hybridized carbons (Fsp3) is 0.588. The molecule has 5 heteroatoms. The van der Waals surface area contributed by atoms with Crippen molar-refractivity contribution in [3.8, 4) is 0 Å². The van der Waals surface area contributed by atoms with E-state index in [4.69, 9.17) is 4.74 Å². The van der Waals surface area contributed by atoms with Crippen LogP contribution >= 0.6 is 12.4 Å². The van der Waals surface area contributed by atoms with Crippen molar-refractivity contribution in [1.82, 2.24) is 10.6 Å². The van der Waals surface area contributed by atoms with Crippen molar-refractivity contribution >= 4 is 18.3 Å². The van der Waals surface area contributed by atoms with Gasteiger partial charge in [-0.25, -0.2) is 0 Å². The molecule has 4 nitrogen and oxygen atoms in total. The van der Waals surface area contributed by atoms with E-state index in [1.807, 2.05) is 6.92 Å². The van der Waals surface area contributed by atoms with Crippen LogP contribution in [0.15, 0.2) is 18.2 Å². The highest BCUT2D eigenvalue weighted by molar-refractivity contribution is 5.85. The standard InChI is InChI=1S/C17H26N2O2.ClH/c1-13-5-6-14(2)15(9-13)10-16(20)18-11-17(12-21-3)7-4-8-19-17;/h5-6,9,19H,4,7-8,10-12H2,1-3H3,(H,18,20);1H. The average Bonchev–Trinajstić information content (AvgIpc) is 2.90. The van der Waals surface area contributed by atoms with E-state index in [9.17, 15) is 4.79 Å². The number of hydrogen-bond acceptors (Lipinski definition) is 3. The van der Waals surface area contributed by atoms with Crippen LogP contribution in [0.25, 0.3) is 0 Å². The Morgan fingerprint density at radius 2 is 2.18 bits per heavy atom. The number of halogens is 1. The highest BCUT2D eigenvalue weighted by atomic mass is 35.5. The average molecular weight is 327 g/mol. The second kappa shape index (κ2) is 8.51. The van der Waals surface area contributed by atoms with Gasteiger partial charge in [-0.05, 0) is 44.4 Å². The molecular weight excluding hydrogens is 300 g/mol. The Hall–Kier alpha value is -1.10. The van der Waals surface area contributed by atoms with Crippen LogP contribution in [0.2, 0.25) is 0 Å². The summed E-state index contributed by atoms with van der Waals surface area (Å²) < 4.78 is 5.30. The molecule has 1 aromatic rings. The fourth-order valence-corrected chi connectivity index (χ4v) is 2.96. The predicted molar refractivity (Wildman–Crippen MR) is 91.7 cm³/mol. The number of methoxy groups -OCH3 is 1. The number of carbonyl (C=O) groups is 1. The van der Waals surface area contributed by atoms with Gasteiger partial charge in [0.1, 0.15) is 0 Å². The number of nitrogens with one attached hydrogen (secondary N) is 2. The van der Waals surface area contributed by atoms with Gasteiger partial charge in [-0.3, -0.25) is 4.79 Å². The van der Waals surface area contributed by atoms with Gasteiger partial charge in [0.15, 0.2) is 0 Å². The highest BCUT2D eigenvalue weighted by Crippen LogP contribution is 2.19. The molecule has 1 unspecified atom stereocenters. The minimum absolute atomic E-state index is 0. The summed E-state index contributed by atoms with van der Waals surface area (Å²) in [7, 11) is 1.71. The molecule has 1 aromatic carbocycles. The van der Waals surface area contributed by atoms with Gasteiger partial charge >= 0.3 is 0 Å². The van der Waals surface area contributed by atoms with E-state index in [0.717, 1.165) is 24.9 Å². The zero-order valence-corrected chi connectivity index (χ0v) is 14.5. The monoisotopic (exact) mass is 326 g/mol. The molecule has 124 valence electrons. The molecule has 2 N–H and O–H groups in total. The van der Waals surface area contributed by atoms with Crippen LogP contribution in [0.5, 0.6) is 0 Å². The van der Waals surface area contributed by atoms with E-state index < -0.39 is 0 Å². The number of amides is 1. The van der Waals surface area contributed by atoms with Crippen molar-refractivity contribution in [2.24, 2.45) is 0 Å². The molecule has 2 rings (SSSR count). The van der Waals surface area contributed by atoms with Crippen LogP contribution < -0.4 is 10.6 Å². The first-order chi connectivity index (χ1) is 10.0. The van der Waals surface area contributed by atoms with Gasteiger partial charge in [0, 0.05) is 13.7 Å². The molecule has 0 bridgehead atoms. The molecule has 0 spiro atoms. The summed E-state index contributed by atoms with van der Waals surface area (Å²) in [5.41, 5.74) is 3.37. The minimum atomic E-state index is -0.0912. The summed E-state index contributed by atoms with van der Waals surface area (Å²) in [5.74, 6) is 0.0767. The van der Waals surface area contributed by atoms with E-state index in [2.05, 4.69) is 35.8 Å². The van der Waals surface area contributed by atoms with Crippen LogP contribution in [0, 0.1) is 13.8 Å². The molecule has 0 aliphatic carbocycles. The normalized spacial score (nSPS) is 20.5. The third-order valence-electron chi connectivity index (χ3n) is 4.23. The lowest BCUT2D eigenvalue weighted by atomic mass is 9.98. The number of benzene rings is 1. The van der Waals surface area contributed by atoms with Crippen LogP contribution in [0.3, 0.4) is 0 Å². The van der Waals surface area contributed by atoms with Crippen LogP contribution in [0.4, 0.5) is 0 Å². The third kappa shape index (κ3) is 4.97. The first kappa shape index (κ1) is 18.9. The maximum absolute atomic E-state index is 12.2. The Bertz CT molecular complexity index is 499. The van der Waals surface area contributed by atoms with E-state index in [1.165, 1.54) is 11.1 Å². The summed E-state index contributed by atoms with van der Waals surface area (Å²) in [4.78, 5) is 12.2. The Kier molecular flexibility index (Phi) is 7.33. The quantitative estimate of drug-likeness (QED) is 0.842. The van der Waals surface area contributed by atoms with Gasteiger partial charge in [0.05, 0.1) is 18.6 Å². The van der Waals surface area contributed by atoms with Crippen molar-refractivity contribution in [2.45, 2.75) is 38.6 Å². The first-order valence-electron chi connectivity index (χ1n) is 7.61. The lowest BCUT2D eigenvalue weighted by Crippen LogP contribution is -2.53. The second-order valence-electron chi connectivity index (χ2n) is 6.13. The molecule has 1 aliphatic rings. The zero-order chi connectivity index (χ0) is 15.3. The Morgan fingerprint density at radius 1 is 1.41 bits per heavy atom. The van der Waals surface area contributed by atoms with Crippen LogP contribution in [-0.2, 0) is 16.0 Å². The Labute approximate surface area is 139 Å². The Morgan fingerprint density at radius 3 is 2.82 bits per heavy atom. The topological polar surface area (TPSA) is 50.4 Å². The maximum Gasteiger partial charge on any atom is 0.224 e. The van der Waals surface area contributed by atoms with Crippen molar-refractivity contribution < 1.29 is 9.53 Å². The molecule has 1 amide bonds. The molecule has 1 saturated heterocycles. The number of hydrogen-bond donors (Lipinski definition) is 2. The van der Waals surface area contributed by atoms with Crippen LogP contribution in [0.1, 0.15) is 29.5 Å². The summed E-state index contributed by atoms with van der Waals surface area (Å²) >= 11 is 0. The van der Waals surface area contributed by atoms with Gasteiger partial charge < -0.3 is 15.4 Å². The molecule has 1 atom stereocenters. The number of aryl methyl sites for hydroxylation is 2. The molecule has 0 saturated carbocycles. The second-order valence-corrected chi connectivity index (χ2v) is 6.13. The Balaban J connectivity index is 0.00000242. The smallest absolute Gasteiger partial charge is 0.224 e. The van der Waals surface area contributed by atoms with E-state index >= 15 is 0 Å². The summed E-state index contributed by atoms with van der Waals surface area (Å²) in [6, 6.07) is 6.24. The predicted octanol–water partition coefficient (Wildman–Crippen LogP) is 2.15. The number of carbonyl (C=O) groups excluding carboxylic acids is 1. The molecule has 0 radical (unpaired) electrons. The van der Waals surface area contributed by atoms with Gasteiger partial charge in [0.25, 0.3) is 0 Å². The van der Waals surface area contributed by atoms with Crippen LogP contribution in [-0.4, -0.2) is 38.3 Å². The molecule has 1 fully saturated rings. The lowest BCUT2D eigenvalue weighted by molar-refractivity contribution is -0.120. The summed E-state index contributed by atoms with van der Waals surface area (Å²) in [6.07, 6.45) is 2.62. The maximum atomic E-state index is 12.2. The van der Waals surface area contributed by atoms with Gasteiger partial charge in [-0.1, -0.05) is 23.8 Å². The van der Waals surface area contributed by atoms with E-state index in [1.54, 1.807) is 7.11 Å². The SMILES string of the molecule is COCC1(CNC(=O)Cc2cc(C)ccc2C)CCCN1.Cl. The summed E-state index contributed by atoms with van der Waals surface area (Å²) in [6.45, 7) is 6.36. The number of rotatable bonds is 6.